The first-order valence-corrected chi connectivity index (χ1v) is 7.83. The molecule has 1 fully saturated rings. The molecule has 6 nitrogen and oxygen atoms in total. The van der Waals surface area contributed by atoms with Gasteiger partial charge in [0.05, 0.1) is 6.10 Å². The molecule has 1 aromatic rings. The predicted molar refractivity (Wildman–Crippen MR) is 80.6 cm³/mol. The summed E-state index contributed by atoms with van der Waals surface area (Å²) >= 11 is 0. The molecule has 0 saturated heterocycles. The minimum atomic E-state index is -0.456. The van der Waals surface area contributed by atoms with Crippen molar-refractivity contribution in [1.82, 2.24) is 14.9 Å². The second kappa shape index (κ2) is 7.56. The van der Waals surface area contributed by atoms with Crippen LogP contribution in [0.5, 0.6) is 0 Å². The molecule has 21 heavy (non-hydrogen) atoms. The van der Waals surface area contributed by atoms with Crippen LogP contribution in [-0.2, 0) is 17.8 Å². The Morgan fingerprint density at radius 3 is 3.10 bits per heavy atom. The molecular formula is C15H26N4O2. The number of hydrogen-bond acceptors (Lipinski definition) is 4. The molecule has 0 aromatic carbocycles. The van der Waals surface area contributed by atoms with E-state index in [9.17, 15) is 9.90 Å². The van der Waals surface area contributed by atoms with Crippen LogP contribution in [0.1, 0.15) is 38.4 Å². The number of amides is 1. The molecule has 4 N–H and O–H groups in total. The van der Waals surface area contributed by atoms with Crippen LogP contribution in [0.2, 0.25) is 0 Å². The number of rotatable bonds is 6. The molecule has 0 spiro atoms. The summed E-state index contributed by atoms with van der Waals surface area (Å²) in [5.74, 6) is 1.09. The normalized spacial score (nSPS) is 25.8. The second-order valence-electron chi connectivity index (χ2n) is 5.78. The van der Waals surface area contributed by atoms with Gasteiger partial charge in [0.1, 0.15) is 5.82 Å². The predicted octanol–water partition coefficient (Wildman–Crippen LogP) is 0.440. The van der Waals surface area contributed by atoms with E-state index >= 15 is 0 Å². The summed E-state index contributed by atoms with van der Waals surface area (Å²) in [4.78, 5) is 16.3. The molecule has 118 valence electrons. The van der Waals surface area contributed by atoms with Crippen molar-refractivity contribution in [3.63, 3.8) is 0 Å². The van der Waals surface area contributed by atoms with Gasteiger partial charge < -0.3 is 20.7 Å². The number of aryl methyl sites for hydroxylation is 2. The van der Waals surface area contributed by atoms with Gasteiger partial charge in [-0.1, -0.05) is 6.92 Å². The first-order chi connectivity index (χ1) is 10.1. The van der Waals surface area contributed by atoms with Crippen LogP contribution in [0.4, 0.5) is 0 Å². The van der Waals surface area contributed by atoms with E-state index in [1.54, 1.807) is 0 Å². The van der Waals surface area contributed by atoms with Crippen molar-refractivity contribution in [2.45, 2.75) is 57.7 Å². The third-order valence-electron chi connectivity index (χ3n) is 4.23. The maximum absolute atomic E-state index is 12.1. The molecule has 2 rings (SSSR count). The number of carbonyl (C=O) groups is 1. The summed E-state index contributed by atoms with van der Waals surface area (Å²) in [6, 6.07) is -0.271. The summed E-state index contributed by atoms with van der Waals surface area (Å²) in [5, 5.41) is 12.6. The smallest absolute Gasteiger partial charge is 0.223 e. The van der Waals surface area contributed by atoms with Gasteiger partial charge in [0, 0.05) is 43.9 Å². The van der Waals surface area contributed by atoms with E-state index in [1.165, 1.54) is 0 Å². The number of nitrogens with one attached hydrogen (secondary N) is 1. The first-order valence-electron chi connectivity index (χ1n) is 7.83. The summed E-state index contributed by atoms with van der Waals surface area (Å²) < 4.78 is 2.12. The standard InChI is InChI=1S/C15H26N4O2/c1-2-14-17-7-9-19(14)8-3-6-18-15(21)11-4-5-13(20)12(16)10-11/h7,9,11-13,20H,2-6,8,10,16H2,1H3,(H,18,21)/t11-,12+,13+/m0/s1. The maximum atomic E-state index is 12.1. The van der Waals surface area contributed by atoms with Gasteiger partial charge in [-0.15, -0.1) is 0 Å². The van der Waals surface area contributed by atoms with Gasteiger partial charge in [0.2, 0.25) is 5.91 Å². The molecule has 0 aliphatic heterocycles. The Bertz CT molecular complexity index is 460. The van der Waals surface area contributed by atoms with Gasteiger partial charge >= 0.3 is 0 Å². The van der Waals surface area contributed by atoms with Crippen LogP contribution in [0.25, 0.3) is 0 Å². The number of aliphatic hydroxyl groups excluding tert-OH is 1. The van der Waals surface area contributed by atoms with Crippen LogP contribution < -0.4 is 11.1 Å². The molecule has 3 atom stereocenters. The Morgan fingerprint density at radius 1 is 1.57 bits per heavy atom. The van der Waals surface area contributed by atoms with Gasteiger partial charge in [-0.2, -0.15) is 0 Å². The lowest BCUT2D eigenvalue weighted by Gasteiger charge is -2.30. The lowest BCUT2D eigenvalue weighted by molar-refractivity contribution is -0.126. The average molecular weight is 294 g/mol. The second-order valence-corrected chi connectivity index (χ2v) is 5.78. The van der Waals surface area contributed by atoms with E-state index in [2.05, 4.69) is 21.8 Å². The molecule has 6 heteroatoms. The highest BCUT2D eigenvalue weighted by Gasteiger charge is 2.30. The highest BCUT2D eigenvalue weighted by molar-refractivity contribution is 5.78. The molecule has 0 bridgehead atoms. The van der Waals surface area contributed by atoms with Crippen molar-refractivity contribution in [2.75, 3.05) is 6.54 Å². The maximum Gasteiger partial charge on any atom is 0.223 e. The van der Waals surface area contributed by atoms with Crippen LogP contribution in [0.3, 0.4) is 0 Å². The van der Waals surface area contributed by atoms with Crippen LogP contribution in [-0.4, -0.2) is 39.3 Å². The quantitative estimate of drug-likeness (QED) is 0.664. The summed E-state index contributed by atoms with van der Waals surface area (Å²) in [6.45, 7) is 3.61. The molecule has 1 heterocycles. The lowest BCUT2D eigenvalue weighted by atomic mass is 9.84. The Morgan fingerprint density at radius 2 is 2.38 bits per heavy atom. The van der Waals surface area contributed by atoms with Gasteiger partial charge in [-0.05, 0) is 25.7 Å². The fourth-order valence-corrected chi connectivity index (χ4v) is 2.89. The molecule has 1 aliphatic carbocycles. The zero-order chi connectivity index (χ0) is 15.2. The largest absolute Gasteiger partial charge is 0.392 e. The first kappa shape index (κ1) is 16.0. The van der Waals surface area contributed by atoms with Crippen molar-refractivity contribution in [2.24, 2.45) is 11.7 Å². The van der Waals surface area contributed by atoms with E-state index in [0.717, 1.165) is 31.6 Å². The molecular weight excluding hydrogens is 268 g/mol. The molecule has 1 saturated carbocycles. The average Bonchev–Trinajstić information content (AvgIpc) is 2.93. The third-order valence-corrected chi connectivity index (χ3v) is 4.23. The molecule has 1 aromatic heterocycles. The molecule has 1 aliphatic rings. The zero-order valence-electron chi connectivity index (χ0n) is 12.7. The highest BCUT2D eigenvalue weighted by atomic mass is 16.3. The molecule has 0 unspecified atom stereocenters. The zero-order valence-corrected chi connectivity index (χ0v) is 12.7. The minimum Gasteiger partial charge on any atom is -0.392 e. The van der Waals surface area contributed by atoms with Crippen molar-refractivity contribution >= 4 is 5.91 Å². The fourth-order valence-electron chi connectivity index (χ4n) is 2.89. The number of aliphatic hydroxyl groups is 1. The number of imidazole rings is 1. The highest BCUT2D eigenvalue weighted by Crippen LogP contribution is 2.23. The minimum absolute atomic E-state index is 0.0529. The van der Waals surface area contributed by atoms with Crippen LogP contribution in [0, 0.1) is 5.92 Å². The van der Waals surface area contributed by atoms with E-state index in [-0.39, 0.29) is 17.9 Å². The van der Waals surface area contributed by atoms with Crippen molar-refractivity contribution < 1.29 is 9.90 Å². The topological polar surface area (TPSA) is 93.2 Å². The number of hydrogen-bond donors (Lipinski definition) is 3. The molecule has 0 radical (unpaired) electrons. The summed E-state index contributed by atoms with van der Waals surface area (Å²) in [5.41, 5.74) is 5.82. The Labute approximate surface area is 125 Å². The van der Waals surface area contributed by atoms with E-state index < -0.39 is 6.10 Å². The number of aromatic nitrogens is 2. The Balaban J connectivity index is 1.68. The van der Waals surface area contributed by atoms with Gasteiger partial charge in [0.15, 0.2) is 0 Å². The summed E-state index contributed by atoms with van der Waals surface area (Å²) in [6.07, 6.45) is 7.06. The third kappa shape index (κ3) is 4.28. The van der Waals surface area contributed by atoms with Crippen molar-refractivity contribution in [1.29, 1.82) is 0 Å². The SMILES string of the molecule is CCc1nccn1CCCNC(=O)[C@H]1CC[C@@H](O)[C@H](N)C1. The number of carbonyl (C=O) groups excluding carboxylic acids is 1. The van der Waals surface area contributed by atoms with E-state index in [1.807, 2.05) is 12.4 Å². The monoisotopic (exact) mass is 294 g/mol. The van der Waals surface area contributed by atoms with Crippen LogP contribution >= 0.6 is 0 Å². The van der Waals surface area contributed by atoms with E-state index in [4.69, 9.17) is 5.73 Å². The van der Waals surface area contributed by atoms with Gasteiger partial charge in [0.25, 0.3) is 0 Å². The van der Waals surface area contributed by atoms with Crippen molar-refractivity contribution in [3.05, 3.63) is 18.2 Å². The number of nitrogens with two attached hydrogens (primary N) is 1. The van der Waals surface area contributed by atoms with Gasteiger partial charge in [-0.3, -0.25) is 4.79 Å². The van der Waals surface area contributed by atoms with Gasteiger partial charge in [-0.25, -0.2) is 4.98 Å². The molecule has 1 amide bonds. The van der Waals surface area contributed by atoms with Crippen molar-refractivity contribution in [3.8, 4) is 0 Å². The van der Waals surface area contributed by atoms with E-state index in [0.29, 0.717) is 19.4 Å². The fraction of sp³-hybridized carbons (Fsp3) is 0.733. The lowest BCUT2D eigenvalue weighted by Crippen LogP contribution is -2.45. The summed E-state index contributed by atoms with van der Waals surface area (Å²) in [7, 11) is 0. The Kier molecular flexibility index (Phi) is 5.76. The number of nitrogens with zero attached hydrogens (tertiary/aromatic N) is 2. The Hall–Kier alpha value is -1.40. The van der Waals surface area contributed by atoms with Crippen LogP contribution in [0.15, 0.2) is 12.4 Å².